The lowest BCUT2D eigenvalue weighted by atomic mass is 10.1. The van der Waals surface area contributed by atoms with E-state index >= 15 is 0 Å². The maximum Gasteiger partial charge on any atom is 0.194 e. The number of likely N-dealkylation sites (tertiary alicyclic amines) is 2. The van der Waals surface area contributed by atoms with Crippen LogP contribution >= 0.6 is 0 Å². The molecule has 5 nitrogen and oxygen atoms in total. The van der Waals surface area contributed by atoms with Crippen LogP contribution in [0.4, 0.5) is 0 Å². The molecule has 0 atom stereocenters. The quantitative estimate of drug-likeness (QED) is 0.377. The zero-order valence-corrected chi connectivity index (χ0v) is 20.4. The molecule has 0 radical (unpaired) electrons. The summed E-state index contributed by atoms with van der Waals surface area (Å²) in [6.07, 6.45) is 10.1. The van der Waals surface area contributed by atoms with E-state index in [1.165, 1.54) is 64.7 Å². The summed E-state index contributed by atoms with van der Waals surface area (Å²) in [6.45, 7) is 8.50. The molecular weight excluding hydrogens is 424 g/mol. The molecular formula is C29H38N2O3. The van der Waals surface area contributed by atoms with Crippen molar-refractivity contribution in [2.24, 2.45) is 0 Å². The van der Waals surface area contributed by atoms with Crippen molar-refractivity contribution in [1.29, 1.82) is 0 Å². The Morgan fingerprint density at radius 3 is 1.47 bits per heavy atom. The Labute approximate surface area is 204 Å². The van der Waals surface area contributed by atoms with E-state index in [1.54, 1.807) is 0 Å². The zero-order valence-electron chi connectivity index (χ0n) is 20.4. The van der Waals surface area contributed by atoms with Crippen molar-refractivity contribution >= 4 is 5.78 Å². The summed E-state index contributed by atoms with van der Waals surface area (Å²) < 4.78 is 12.1. The van der Waals surface area contributed by atoms with Crippen LogP contribution in [0.1, 0.15) is 67.3 Å². The number of rotatable bonds is 10. The van der Waals surface area contributed by atoms with E-state index in [2.05, 4.69) is 9.80 Å². The Balaban J connectivity index is 1.16. The maximum absolute atomic E-state index is 12.9. The van der Waals surface area contributed by atoms with Gasteiger partial charge in [-0.05, 0) is 112 Å². The molecule has 0 amide bonds. The third kappa shape index (κ3) is 5.64. The van der Waals surface area contributed by atoms with Crippen LogP contribution in [0.15, 0.2) is 36.4 Å². The van der Waals surface area contributed by atoms with Crippen LogP contribution in [-0.2, 0) is 0 Å². The van der Waals surface area contributed by atoms with Crippen LogP contribution in [0, 0.1) is 0 Å². The monoisotopic (exact) mass is 462 g/mol. The van der Waals surface area contributed by atoms with E-state index in [4.69, 9.17) is 9.47 Å². The molecule has 182 valence electrons. The van der Waals surface area contributed by atoms with E-state index in [0.29, 0.717) is 13.2 Å². The van der Waals surface area contributed by atoms with Gasteiger partial charge < -0.3 is 19.3 Å². The average Bonchev–Trinajstić information content (AvgIpc) is 3.16. The van der Waals surface area contributed by atoms with Crippen molar-refractivity contribution in [2.45, 2.75) is 51.4 Å². The van der Waals surface area contributed by atoms with E-state index in [-0.39, 0.29) is 5.78 Å². The Bertz CT molecular complexity index is 900. The molecule has 2 fully saturated rings. The standard InChI is InChI=1S/C29H38N2O3/c32-29-25-11-9-23(33-19-7-17-30-13-3-1-4-14-30)21-27(25)28-22-24(10-12-26(28)29)34-20-8-18-31-15-5-2-6-16-31/h9-12,21-22H,1-8,13-20H2. The molecule has 5 rings (SSSR count). The molecule has 2 aromatic carbocycles. The largest absolute Gasteiger partial charge is 0.494 e. The molecule has 0 spiro atoms. The van der Waals surface area contributed by atoms with Crippen LogP contribution in [0.3, 0.4) is 0 Å². The van der Waals surface area contributed by atoms with Crippen molar-refractivity contribution < 1.29 is 14.3 Å². The number of fused-ring (bicyclic) bond motifs is 3. The maximum atomic E-state index is 12.9. The van der Waals surface area contributed by atoms with Crippen LogP contribution < -0.4 is 9.47 Å². The number of nitrogens with zero attached hydrogens (tertiary/aromatic N) is 2. The lowest BCUT2D eigenvalue weighted by Crippen LogP contribution is -2.31. The lowest BCUT2D eigenvalue weighted by molar-refractivity contribution is 0.104. The Morgan fingerprint density at radius 1 is 0.588 bits per heavy atom. The number of carbonyl (C=O) groups is 1. The van der Waals surface area contributed by atoms with Gasteiger partial charge in [0.2, 0.25) is 0 Å². The van der Waals surface area contributed by atoms with Crippen LogP contribution in [0.25, 0.3) is 11.1 Å². The normalized spacial score (nSPS) is 18.5. The van der Waals surface area contributed by atoms with Gasteiger partial charge >= 0.3 is 0 Å². The Morgan fingerprint density at radius 2 is 1.03 bits per heavy atom. The van der Waals surface area contributed by atoms with Crippen molar-refractivity contribution in [1.82, 2.24) is 9.80 Å². The van der Waals surface area contributed by atoms with Gasteiger partial charge in [-0.2, -0.15) is 0 Å². The number of hydrogen-bond donors (Lipinski definition) is 0. The second-order valence-electron chi connectivity index (χ2n) is 9.95. The third-order valence-electron chi connectivity index (χ3n) is 7.43. The molecule has 5 heteroatoms. The minimum Gasteiger partial charge on any atom is -0.494 e. The fourth-order valence-electron chi connectivity index (χ4n) is 5.54. The highest BCUT2D eigenvalue weighted by atomic mass is 16.5. The molecule has 0 unspecified atom stereocenters. The van der Waals surface area contributed by atoms with Crippen molar-refractivity contribution in [3.63, 3.8) is 0 Å². The topological polar surface area (TPSA) is 42.0 Å². The number of carbonyl (C=O) groups excluding carboxylic acids is 1. The van der Waals surface area contributed by atoms with Crippen LogP contribution in [-0.4, -0.2) is 68.1 Å². The Kier molecular flexibility index (Phi) is 7.82. The van der Waals surface area contributed by atoms with Crippen molar-refractivity contribution in [3.8, 4) is 22.6 Å². The summed E-state index contributed by atoms with van der Waals surface area (Å²) in [5.74, 6) is 1.77. The summed E-state index contributed by atoms with van der Waals surface area (Å²) in [5, 5.41) is 0. The summed E-state index contributed by atoms with van der Waals surface area (Å²) >= 11 is 0. The van der Waals surface area contributed by atoms with E-state index in [0.717, 1.165) is 59.7 Å². The molecule has 0 bridgehead atoms. The van der Waals surface area contributed by atoms with Gasteiger partial charge in [-0.15, -0.1) is 0 Å². The number of piperidine rings is 2. The highest BCUT2D eigenvalue weighted by molar-refractivity contribution is 6.21. The summed E-state index contributed by atoms with van der Waals surface area (Å²) in [4.78, 5) is 18.0. The molecule has 1 aliphatic carbocycles. The fourth-order valence-corrected chi connectivity index (χ4v) is 5.54. The average molecular weight is 463 g/mol. The smallest absolute Gasteiger partial charge is 0.194 e. The first-order chi connectivity index (χ1) is 16.8. The first-order valence-corrected chi connectivity index (χ1v) is 13.3. The molecule has 2 saturated heterocycles. The number of benzene rings is 2. The molecule has 2 aliphatic heterocycles. The molecule has 0 aromatic heterocycles. The van der Waals surface area contributed by atoms with Crippen LogP contribution in [0.5, 0.6) is 11.5 Å². The summed E-state index contributed by atoms with van der Waals surface area (Å²) in [6, 6.07) is 11.7. The Hall–Kier alpha value is -2.37. The predicted molar refractivity (Wildman–Crippen MR) is 136 cm³/mol. The molecule has 2 heterocycles. The molecule has 0 saturated carbocycles. The predicted octanol–water partition coefficient (Wildman–Crippen LogP) is 5.41. The zero-order chi connectivity index (χ0) is 23.2. The van der Waals surface area contributed by atoms with Gasteiger partial charge in [-0.3, -0.25) is 4.79 Å². The van der Waals surface area contributed by atoms with Gasteiger partial charge in [0.15, 0.2) is 5.78 Å². The SMILES string of the molecule is O=C1c2ccc(OCCCN3CCCCC3)cc2-c2cc(OCCCN3CCCCC3)ccc21. The van der Waals surface area contributed by atoms with Crippen LogP contribution in [0.2, 0.25) is 0 Å². The van der Waals surface area contributed by atoms with Gasteiger partial charge in [0.05, 0.1) is 13.2 Å². The van der Waals surface area contributed by atoms with Gasteiger partial charge in [0, 0.05) is 24.2 Å². The molecule has 0 N–H and O–H groups in total. The van der Waals surface area contributed by atoms with Gasteiger partial charge in [0.25, 0.3) is 0 Å². The highest BCUT2D eigenvalue weighted by Crippen LogP contribution is 2.40. The minimum atomic E-state index is 0.0956. The molecule has 2 aromatic rings. The second kappa shape index (κ2) is 11.4. The number of ether oxygens (including phenoxy) is 2. The van der Waals surface area contributed by atoms with Gasteiger partial charge in [-0.1, -0.05) is 12.8 Å². The van der Waals surface area contributed by atoms with Crippen molar-refractivity contribution in [3.05, 3.63) is 47.5 Å². The first-order valence-electron chi connectivity index (χ1n) is 13.3. The van der Waals surface area contributed by atoms with E-state index < -0.39 is 0 Å². The third-order valence-corrected chi connectivity index (χ3v) is 7.43. The van der Waals surface area contributed by atoms with Gasteiger partial charge in [0.1, 0.15) is 11.5 Å². The van der Waals surface area contributed by atoms with E-state index in [9.17, 15) is 4.79 Å². The van der Waals surface area contributed by atoms with Crippen molar-refractivity contribution in [2.75, 3.05) is 52.5 Å². The van der Waals surface area contributed by atoms with E-state index in [1.807, 2.05) is 36.4 Å². The van der Waals surface area contributed by atoms with Gasteiger partial charge in [-0.25, -0.2) is 0 Å². The number of ketones is 1. The second-order valence-corrected chi connectivity index (χ2v) is 9.95. The molecule has 34 heavy (non-hydrogen) atoms. The highest BCUT2D eigenvalue weighted by Gasteiger charge is 2.27. The first kappa shape index (κ1) is 23.4. The lowest BCUT2D eigenvalue weighted by Gasteiger charge is -2.26. The number of hydrogen-bond acceptors (Lipinski definition) is 5. The summed E-state index contributed by atoms with van der Waals surface area (Å²) in [5.41, 5.74) is 3.45. The minimum absolute atomic E-state index is 0.0956. The summed E-state index contributed by atoms with van der Waals surface area (Å²) in [7, 11) is 0. The fraction of sp³-hybridized carbons (Fsp3) is 0.552. The molecule has 3 aliphatic rings.